The summed E-state index contributed by atoms with van der Waals surface area (Å²) in [6.07, 6.45) is 18.1. The molecule has 1 N–H and O–H groups in total. The molecule has 4 aliphatic carbocycles. The maximum absolute atomic E-state index is 10.9. The molecule has 28 heavy (non-hydrogen) atoms. The standard InChI is InChI=1S/C27H45O/c1-18(2)9-14-25(28)19(3)22-12-13-23-21-11-10-20-8-6-7-16-26(20,4)24(21)15-17-27(22,23)5/h6,10,18-19,21-25,28H,7-9,11-17H2,1-5H3/t19-,21-,22+,23-,24-,25?,26-,27+/m0/s1. The van der Waals surface area contributed by atoms with Crippen molar-refractivity contribution in [1.82, 2.24) is 0 Å². The van der Waals surface area contributed by atoms with Crippen LogP contribution in [0, 0.1) is 52.8 Å². The third-order valence-corrected chi connectivity index (χ3v) is 10.2. The maximum atomic E-state index is 10.9. The molecule has 4 rings (SSSR count). The number of rotatable bonds is 5. The molecule has 0 amide bonds. The first-order chi connectivity index (χ1) is 13.3. The summed E-state index contributed by atoms with van der Waals surface area (Å²) in [4.78, 5) is 0. The summed E-state index contributed by atoms with van der Waals surface area (Å²) in [6, 6.07) is 0. The molecule has 1 nitrogen and oxygen atoms in total. The van der Waals surface area contributed by atoms with Gasteiger partial charge in [-0.25, -0.2) is 0 Å². The van der Waals surface area contributed by atoms with Crippen LogP contribution in [-0.4, -0.2) is 11.2 Å². The lowest BCUT2D eigenvalue weighted by Crippen LogP contribution is -2.50. The first-order valence-electron chi connectivity index (χ1n) is 12.5. The fraction of sp³-hybridized carbons (Fsp3) is 0.889. The van der Waals surface area contributed by atoms with Crippen molar-refractivity contribution in [1.29, 1.82) is 0 Å². The average molecular weight is 386 g/mol. The predicted octanol–water partition coefficient (Wildman–Crippen LogP) is 7.20. The second kappa shape index (κ2) is 7.75. The van der Waals surface area contributed by atoms with Gasteiger partial charge in [0.2, 0.25) is 0 Å². The second-order valence-corrected chi connectivity index (χ2v) is 11.9. The Labute approximate surface area is 174 Å². The monoisotopic (exact) mass is 385 g/mol. The largest absolute Gasteiger partial charge is 0.393 e. The van der Waals surface area contributed by atoms with E-state index in [0.29, 0.717) is 22.7 Å². The van der Waals surface area contributed by atoms with Crippen molar-refractivity contribution >= 4 is 0 Å². The Morgan fingerprint density at radius 3 is 2.57 bits per heavy atom. The van der Waals surface area contributed by atoms with Gasteiger partial charge in [-0.2, -0.15) is 0 Å². The Bertz CT molecular complexity index is 591. The van der Waals surface area contributed by atoms with E-state index in [2.05, 4.69) is 47.1 Å². The molecule has 159 valence electrons. The highest BCUT2D eigenvalue weighted by Gasteiger charge is 2.59. The van der Waals surface area contributed by atoms with Crippen molar-refractivity contribution in [2.24, 2.45) is 46.3 Å². The van der Waals surface area contributed by atoms with Gasteiger partial charge in [-0.1, -0.05) is 46.3 Å². The second-order valence-electron chi connectivity index (χ2n) is 11.9. The molecule has 0 aromatic heterocycles. The summed E-state index contributed by atoms with van der Waals surface area (Å²) in [7, 11) is 0. The Morgan fingerprint density at radius 1 is 1.04 bits per heavy atom. The number of hydrogen-bond donors (Lipinski definition) is 1. The van der Waals surface area contributed by atoms with E-state index in [0.717, 1.165) is 36.5 Å². The zero-order chi connectivity index (χ0) is 20.1. The summed E-state index contributed by atoms with van der Waals surface area (Å²) in [5.41, 5.74) is 2.72. The zero-order valence-corrected chi connectivity index (χ0v) is 19.2. The fourth-order valence-corrected chi connectivity index (χ4v) is 8.42. The Hall–Kier alpha value is -0.300. The SMILES string of the molecule is CC(C)CCC(O)[C@@H](C)[C@H]1CC[C@H]2[C@@H]3CC=C4C[CH]CC[C@]4(C)[C@H]3CC[C@]12C. The van der Waals surface area contributed by atoms with E-state index in [1.54, 1.807) is 5.57 Å². The summed E-state index contributed by atoms with van der Waals surface area (Å²) >= 11 is 0. The van der Waals surface area contributed by atoms with Gasteiger partial charge in [-0.3, -0.25) is 0 Å². The van der Waals surface area contributed by atoms with Crippen LogP contribution in [0.2, 0.25) is 0 Å². The first kappa shape index (κ1) is 21.0. The number of fused-ring (bicyclic) bond motifs is 5. The molecule has 4 aliphatic rings. The van der Waals surface area contributed by atoms with E-state index in [1.165, 1.54) is 51.4 Å². The van der Waals surface area contributed by atoms with Crippen LogP contribution in [-0.2, 0) is 0 Å². The van der Waals surface area contributed by atoms with Crippen LogP contribution in [0.25, 0.3) is 0 Å². The van der Waals surface area contributed by atoms with Crippen molar-refractivity contribution in [2.45, 2.75) is 105 Å². The molecule has 1 radical (unpaired) electrons. The van der Waals surface area contributed by atoms with Crippen LogP contribution >= 0.6 is 0 Å². The molecule has 1 unspecified atom stereocenters. The molecule has 0 spiro atoms. The summed E-state index contributed by atoms with van der Waals surface area (Å²) < 4.78 is 0. The minimum Gasteiger partial charge on any atom is -0.393 e. The van der Waals surface area contributed by atoms with Crippen molar-refractivity contribution in [3.63, 3.8) is 0 Å². The van der Waals surface area contributed by atoms with Gasteiger partial charge in [0.15, 0.2) is 0 Å². The minimum absolute atomic E-state index is 0.107. The molecule has 3 saturated carbocycles. The molecule has 0 aliphatic heterocycles. The van der Waals surface area contributed by atoms with Gasteiger partial charge in [0.05, 0.1) is 6.10 Å². The predicted molar refractivity (Wildman–Crippen MR) is 119 cm³/mol. The van der Waals surface area contributed by atoms with E-state index in [4.69, 9.17) is 0 Å². The summed E-state index contributed by atoms with van der Waals surface area (Å²) in [5.74, 6) is 4.57. The highest BCUT2D eigenvalue weighted by molar-refractivity contribution is 5.26. The Kier molecular flexibility index (Phi) is 5.80. The molecule has 0 aromatic carbocycles. The summed E-state index contributed by atoms with van der Waals surface area (Å²) in [5, 5.41) is 10.9. The zero-order valence-electron chi connectivity index (χ0n) is 19.2. The van der Waals surface area contributed by atoms with Crippen LogP contribution in [0.15, 0.2) is 11.6 Å². The maximum Gasteiger partial charge on any atom is 0.0568 e. The topological polar surface area (TPSA) is 20.2 Å². The molecule has 3 fully saturated rings. The third-order valence-electron chi connectivity index (χ3n) is 10.2. The average Bonchev–Trinajstić information content (AvgIpc) is 3.02. The Balaban J connectivity index is 1.51. The van der Waals surface area contributed by atoms with Gasteiger partial charge in [-0.05, 0) is 117 Å². The van der Waals surface area contributed by atoms with Crippen molar-refractivity contribution in [3.8, 4) is 0 Å². The molecular formula is C27H45O. The normalized spacial score (nSPS) is 45.0. The molecule has 0 aromatic rings. The van der Waals surface area contributed by atoms with Gasteiger partial charge < -0.3 is 5.11 Å². The van der Waals surface area contributed by atoms with Crippen molar-refractivity contribution in [3.05, 3.63) is 18.1 Å². The van der Waals surface area contributed by atoms with Gasteiger partial charge >= 0.3 is 0 Å². The molecule has 1 heteroatoms. The lowest BCUT2D eigenvalue weighted by atomic mass is 9.47. The number of aliphatic hydroxyl groups excluding tert-OH is 1. The Morgan fingerprint density at radius 2 is 1.82 bits per heavy atom. The highest BCUT2D eigenvalue weighted by atomic mass is 16.3. The van der Waals surface area contributed by atoms with E-state index in [1.807, 2.05) is 0 Å². The van der Waals surface area contributed by atoms with Gasteiger partial charge in [-0.15, -0.1) is 0 Å². The molecule has 0 saturated heterocycles. The van der Waals surface area contributed by atoms with Gasteiger partial charge in [0, 0.05) is 0 Å². The van der Waals surface area contributed by atoms with E-state index >= 15 is 0 Å². The lowest BCUT2D eigenvalue weighted by molar-refractivity contribution is -0.0616. The molecule has 0 heterocycles. The quantitative estimate of drug-likeness (QED) is 0.496. The first-order valence-corrected chi connectivity index (χ1v) is 12.5. The number of allylic oxidation sites excluding steroid dienone is 2. The van der Waals surface area contributed by atoms with Crippen LogP contribution in [0.3, 0.4) is 0 Å². The van der Waals surface area contributed by atoms with Crippen LogP contribution in [0.1, 0.15) is 98.8 Å². The van der Waals surface area contributed by atoms with Crippen LogP contribution < -0.4 is 0 Å². The van der Waals surface area contributed by atoms with Crippen LogP contribution in [0.4, 0.5) is 0 Å². The number of aliphatic hydroxyl groups is 1. The van der Waals surface area contributed by atoms with E-state index < -0.39 is 0 Å². The van der Waals surface area contributed by atoms with E-state index in [-0.39, 0.29) is 6.10 Å². The highest BCUT2D eigenvalue weighted by Crippen LogP contribution is 2.67. The fourth-order valence-electron chi connectivity index (χ4n) is 8.42. The van der Waals surface area contributed by atoms with E-state index in [9.17, 15) is 5.11 Å². The van der Waals surface area contributed by atoms with Gasteiger partial charge in [0.25, 0.3) is 0 Å². The molecule has 0 bridgehead atoms. The van der Waals surface area contributed by atoms with Crippen molar-refractivity contribution < 1.29 is 5.11 Å². The molecule has 8 atom stereocenters. The summed E-state index contributed by atoms with van der Waals surface area (Å²) in [6.45, 7) is 12.1. The minimum atomic E-state index is -0.107. The van der Waals surface area contributed by atoms with Gasteiger partial charge in [0.1, 0.15) is 0 Å². The van der Waals surface area contributed by atoms with Crippen molar-refractivity contribution in [2.75, 3.05) is 0 Å². The third kappa shape index (κ3) is 3.32. The van der Waals surface area contributed by atoms with Crippen LogP contribution in [0.5, 0.6) is 0 Å². The number of hydrogen-bond acceptors (Lipinski definition) is 1. The molecular weight excluding hydrogens is 340 g/mol. The lowest BCUT2D eigenvalue weighted by Gasteiger charge is -2.58. The smallest absolute Gasteiger partial charge is 0.0568 e.